The molecule has 0 unspecified atom stereocenters. The zero-order valence-electron chi connectivity index (χ0n) is 8.49. The van der Waals surface area contributed by atoms with Gasteiger partial charge in [0, 0.05) is 5.69 Å². The maximum atomic E-state index is 5.11. The summed E-state index contributed by atoms with van der Waals surface area (Å²) in [6.45, 7) is 2.13. The van der Waals surface area contributed by atoms with Gasteiger partial charge in [-0.15, -0.1) is 0 Å². The molecule has 2 aromatic rings. The minimum Gasteiger partial charge on any atom is -0.472 e. The Labute approximate surface area is 93.2 Å². The molecule has 0 saturated carbocycles. The summed E-state index contributed by atoms with van der Waals surface area (Å²) in [6, 6.07) is 3.77. The molecule has 78 valence electrons. The number of hydrogen-bond acceptors (Lipinski definition) is 3. The number of rotatable bonds is 3. The highest BCUT2D eigenvalue weighted by Gasteiger charge is 2.02. The van der Waals surface area contributed by atoms with Crippen molar-refractivity contribution in [3.63, 3.8) is 0 Å². The molecule has 0 amide bonds. The van der Waals surface area contributed by atoms with Gasteiger partial charge in [-0.05, 0) is 18.6 Å². The Balaban J connectivity index is 2.44. The monoisotopic (exact) mass is 220 g/mol. The van der Waals surface area contributed by atoms with Gasteiger partial charge in [-0.3, -0.25) is 0 Å². The van der Waals surface area contributed by atoms with Crippen molar-refractivity contribution in [3.8, 4) is 11.4 Å². The fraction of sp³-hybridized carbons (Fsp3) is 0.273. The lowest BCUT2D eigenvalue weighted by Gasteiger charge is -2.02. The van der Waals surface area contributed by atoms with Crippen LogP contribution in [0.25, 0.3) is 11.4 Å². The first kappa shape index (κ1) is 10.1. The average Bonchev–Trinajstić information content (AvgIpc) is 2.70. The maximum absolute atomic E-state index is 5.11. The Morgan fingerprint density at radius 3 is 3.07 bits per heavy atom. The van der Waals surface area contributed by atoms with Gasteiger partial charge in [0.15, 0.2) is 0 Å². The van der Waals surface area contributed by atoms with E-state index < -0.39 is 0 Å². The van der Waals surface area contributed by atoms with Gasteiger partial charge in [0.1, 0.15) is 16.7 Å². The summed E-state index contributed by atoms with van der Waals surface area (Å²) in [4.78, 5) is 7.51. The van der Waals surface area contributed by atoms with E-state index in [1.54, 1.807) is 12.5 Å². The molecule has 4 heteroatoms. The van der Waals surface area contributed by atoms with Gasteiger partial charge in [0.05, 0.1) is 11.8 Å². The van der Waals surface area contributed by atoms with E-state index in [-0.39, 0.29) is 0 Å². The zero-order valence-corrected chi connectivity index (χ0v) is 9.30. The molecule has 3 nitrogen and oxygen atoms in total. The first-order valence-electron chi connectivity index (χ1n) is 4.92. The number of H-pyrrole nitrogens is 1. The van der Waals surface area contributed by atoms with Crippen molar-refractivity contribution >= 4 is 12.2 Å². The van der Waals surface area contributed by atoms with Gasteiger partial charge in [0.2, 0.25) is 0 Å². The Hall–Kier alpha value is -1.42. The summed E-state index contributed by atoms with van der Waals surface area (Å²) in [5, 5.41) is 0. The Morgan fingerprint density at radius 2 is 2.40 bits per heavy atom. The molecule has 2 rings (SSSR count). The minimum absolute atomic E-state index is 0.619. The molecule has 15 heavy (non-hydrogen) atoms. The predicted octanol–water partition coefficient (Wildman–Crippen LogP) is 3.35. The van der Waals surface area contributed by atoms with Crippen LogP contribution in [0.1, 0.15) is 19.0 Å². The van der Waals surface area contributed by atoms with Gasteiger partial charge in [-0.25, -0.2) is 4.98 Å². The standard InChI is InChI=1S/C11H12N2OS/c1-2-3-9-6-10(15)13-11(12-9)8-4-5-14-7-8/h4-7H,2-3H2,1H3,(H,12,13,15). The summed E-state index contributed by atoms with van der Waals surface area (Å²) >= 11 is 5.11. The van der Waals surface area contributed by atoms with E-state index in [1.165, 1.54) is 0 Å². The molecule has 0 aromatic carbocycles. The summed E-state index contributed by atoms with van der Waals surface area (Å²) in [5.41, 5.74) is 2.05. The first-order chi connectivity index (χ1) is 7.29. The highest BCUT2D eigenvalue weighted by Crippen LogP contribution is 2.15. The second-order valence-corrected chi connectivity index (χ2v) is 3.77. The van der Waals surface area contributed by atoms with Crippen LogP contribution in [0, 0.1) is 4.64 Å². The van der Waals surface area contributed by atoms with Crippen molar-refractivity contribution in [2.45, 2.75) is 19.8 Å². The van der Waals surface area contributed by atoms with E-state index >= 15 is 0 Å². The van der Waals surface area contributed by atoms with Gasteiger partial charge in [0.25, 0.3) is 0 Å². The maximum Gasteiger partial charge on any atom is 0.142 e. The first-order valence-corrected chi connectivity index (χ1v) is 5.33. The third-order valence-corrected chi connectivity index (χ3v) is 2.32. The van der Waals surface area contributed by atoms with E-state index in [1.807, 2.05) is 12.1 Å². The molecule has 1 N–H and O–H groups in total. The second-order valence-electron chi connectivity index (χ2n) is 3.36. The lowest BCUT2D eigenvalue weighted by molar-refractivity contribution is 0.568. The number of aryl methyl sites for hydroxylation is 1. The molecule has 0 saturated heterocycles. The molecule has 0 spiro atoms. The number of nitrogens with one attached hydrogen (secondary N) is 1. The van der Waals surface area contributed by atoms with Crippen molar-refractivity contribution < 1.29 is 4.42 Å². The molecule has 0 bridgehead atoms. The summed E-state index contributed by atoms with van der Waals surface area (Å²) in [6.07, 6.45) is 5.35. The van der Waals surface area contributed by atoms with Gasteiger partial charge >= 0.3 is 0 Å². The van der Waals surface area contributed by atoms with Crippen LogP contribution in [0.4, 0.5) is 0 Å². The van der Waals surface area contributed by atoms with Crippen LogP contribution in [0.5, 0.6) is 0 Å². The molecular weight excluding hydrogens is 208 g/mol. The predicted molar refractivity (Wildman–Crippen MR) is 61.1 cm³/mol. The van der Waals surface area contributed by atoms with Crippen LogP contribution >= 0.6 is 12.2 Å². The molecule has 0 aliphatic heterocycles. The van der Waals surface area contributed by atoms with Crippen LogP contribution in [0.15, 0.2) is 29.1 Å². The third kappa shape index (κ3) is 2.33. The van der Waals surface area contributed by atoms with Gasteiger partial charge in [-0.2, -0.15) is 0 Å². The Morgan fingerprint density at radius 1 is 1.53 bits per heavy atom. The highest BCUT2D eigenvalue weighted by molar-refractivity contribution is 7.71. The lowest BCUT2D eigenvalue weighted by Crippen LogP contribution is -1.95. The molecule has 0 atom stereocenters. The third-order valence-electron chi connectivity index (χ3n) is 2.11. The van der Waals surface area contributed by atoms with E-state index in [9.17, 15) is 0 Å². The number of hydrogen-bond donors (Lipinski definition) is 1. The van der Waals surface area contributed by atoms with Gasteiger partial charge in [-0.1, -0.05) is 25.6 Å². The van der Waals surface area contributed by atoms with Crippen LogP contribution in [-0.4, -0.2) is 9.97 Å². The summed E-state index contributed by atoms with van der Waals surface area (Å²) in [5.74, 6) is 0.778. The topological polar surface area (TPSA) is 41.8 Å². The van der Waals surface area contributed by atoms with Crippen molar-refractivity contribution in [2.75, 3.05) is 0 Å². The van der Waals surface area contributed by atoms with Crippen molar-refractivity contribution in [2.24, 2.45) is 0 Å². The Bertz CT molecular complexity index is 488. The zero-order chi connectivity index (χ0) is 10.7. The van der Waals surface area contributed by atoms with Crippen LogP contribution in [0.2, 0.25) is 0 Å². The van der Waals surface area contributed by atoms with Crippen molar-refractivity contribution in [1.82, 2.24) is 9.97 Å². The fourth-order valence-corrected chi connectivity index (χ4v) is 1.68. The van der Waals surface area contributed by atoms with Crippen LogP contribution in [0.3, 0.4) is 0 Å². The molecule has 2 aromatic heterocycles. The number of aromatic amines is 1. The van der Waals surface area contributed by atoms with Crippen molar-refractivity contribution in [1.29, 1.82) is 0 Å². The number of furan rings is 1. The van der Waals surface area contributed by atoms with E-state index in [2.05, 4.69) is 16.9 Å². The quantitative estimate of drug-likeness (QED) is 0.806. The summed E-state index contributed by atoms with van der Waals surface area (Å²) < 4.78 is 5.63. The fourth-order valence-electron chi connectivity index (χ4n) is 1.45. The molecule has 2 heterocycles. The molecule has 0 aliphatic rings. The number of aromatic nitrogens is 2. The van der Waals surface area contributed by atoms with Crippen LogP contribution < -0.4 is 0 Å². The smallest absolute Gasteiger partial charge is 0.142 e. The largest absolute Gasteiger partial charge is 0.472 e. The Kier molecular flexibility index (Phi) is 2.97. The summed E-state index contributed by atoms with van der Waals surface area (Å²) in [7, 11) is 0. The van der Waals surface area contributed by atoms with Crippen molar-refractivity contribution in [3.05, 3.63) is 35.0 Å². The van der Waals surface area contributed by atoms with Crippen LogP contribution in [-0.2, 0) is 6.42 Å². The number of nitrogens with zero attached hydrogens (tertiary/aromatic N) is 1. The van der Waals surface area contributed by atoms with Gasteiger partial charge < -0.3 is 9.40 Å². The molecule has 0 fully saturated rings. The SMILES string of the molecule is CCCc1cc(=S)nc(-c2ccoc2)[nH]1. The lowest BCUT2D eigenvalue weighted by atomic mass is 10.2. The molecular formula is C11H12N2OS. The molecule has 0 aliphatic carbocycles. The second kappa shape index (κ2) is 4.40. The normalized spacial score (nSPS) is 10.5. The average molecular weight is 220 g/mol. The van der Waals surface area contributed by atoms with E-state index in [0.717, 1.165) is 29.9 Å². The molecule has 0 radical (unpaired) electrons. The van der Waals surface area contributed by atoms with E-state index in [0.29, 0.717) is 4.64 Å². The van der Waals surface area contributed by atoms with E-state index in [4.69, 9.17) is 16.6 Å². The minimum atomic E-state index is 0.619. The highest BCUT2D eigenvalue weighted by atomic mass is 32.1.